The Morgan fingerprint density at radius 2 is 1.77 bits per heavy atom. The third kappa shape index (κ3) is 3.15. The number of halogens is 3. The molecule has 1 aliphatic rings. The van der Waals surface area contributed by atoms with Crippen molar-refractivity contribution in [2.24, 2.45) is 17.0 Å². The zero-order valence-corrected chi connectivity index (χ0v) is 7.53. The lowest BCUT2D eigenvalue weighted by Crippen LogP contribution is -2.39. The molecule has 0 bridgehead atoms. The van der Waals surface area contributed by atoms with Gasteiger partial charge in [-0.05, 0) is 18.8 Å². The van der Waals surface area contributed by atoms with Crippen LogP contribution in [0.5, 0.6) is 0 Å². The fourth-order valence-corrected chi connectivity index (χ4v) is 2.40. The number of primary sulfonamides is 1. The van der Waals surface area contributed by atoms with Crippen molar-refractivity contribution in [2.45, 2.75) is 19.0 Å². The second-order valence-corrected chi connectivity index (χ2v) is 5.06. The maximum Gasteiger partial charge on any atom is 0.391 e. The minimum Gasteiger partial charge on any atom is -0.229 e. The summed E-state index contributed by atoms with van der Waals surface area (Å²) in [6.07, 6.45) is -4.41. The van der Waals surface area contributed by atoms with Gasteiger partial charge < -0.3 is 0 Å². The average molecular weight is 217 g/mol. The first-order valence-corrected chi connectivity index (χ1v) is 5.47. The van der Waals surface area contributed by atoms with Gasteiger partial charge in [-0.3, -0.25) is 0 Å². The molecular formula is C6H10F3NO2S. The van der Waals surface area contributed by atoms with E-state index in [1.165, 1.54) is 0 Å². The van der Waals surface area contributed by atoms with E-state index in [0.717, 1.165) is 0 Å². The average Bonchev–Trinajstić information content (AvgIpc) is 1.71. The molecule has 1 fully saturated rings. The van der Waals surface area contributed by atoms with Crippen LogP contribution in [0.4, 0.5) is 13.2 Å². The van der Waals surface area contributed by atoms with Gasteiger partial charge in [0.25, 0.3) is 0 Å². The van der Waals surface area contributed by atoms with Crippen LogP contribution in [0.15, 0.2) is 0 Å². The highest BCUT2D eigenvalue weighted by Gasteiger charge is 2.48. The summed E-state index contributed by atoms with van der Waals surface area (Å²) in [5.74, 6) is -2.08. The zero-order valence-electron chi connectivity index (χ0n) is 6.71. The molecule has 3 nitrogen and oxygen atoms in total. The number of hydrogen-bond donors (Lipinski definition) is 1. The molecule has 1 saturated carbocycles. The SMILES string of the molecule is NS(=O)(=O)CC1CC(C(F)(F)F)C1. The molecule has 0 heterocycles. The Morgan fingerprint density at radius 3 is 2.08 bits per heavy atom. The monoisotopic (exact) mass is 217 g/mol. The van der Waals surface area contributed by atoms with Crippen molar-refractivity contribution in [1.29, 1.82) is 0 Å². The number of nitrogens with two attached hydrogens (primary N) is 1. The van der Waals surface area contributed by atoms with Crippen molar-refractivity contribution in [3.8, 4) is 0 Å². The predicted molar refractivity (Wildman–Crippen MR) is 40.2 cm³/mol. The van der Waals surface area contributed by atoms with Gasteiger partial charge in [-0.25, -0.2) is 13.6 Å². The summed E-state index contributed by atoms with van der Waals surface area (Å²) >= 11 is 0. The number of hydrogen-bond acceptors (Lipinski definition) is 2. The van der Waals surface area contributed by atoms with E-state index in [0.29, 0.717) is 0 Å². The minimum absolute atomic E-state index is 0.111. The molecule has 0 aromatic rings. The van der Waals surface area contributed by atoms with Crippen LogP contribution < -0.4 is 5.14 Å². The maximum atomic E-state index is 11.9. The topological polar surface area (TPSA) is 60.2 Å². The lowest BCUT2D eigenvalue weighted by Gasteiger charge is -2.35. The summed E-state index contributed by atoms with van der Waals surface area (Å²) in [6.45, 7) is 0. The zero-order chi connectivity index (χ0) is 10.3. The third-order valence-electron chi connectivity index (χ3n) is 2.17. The molecule has 13 heavy (non-hydrogen) atoms. The number of sulfonamides is 1. The van der Waals surface area contributed by atoms with Crippen LogP contribution in [-0.2, 0) is 10.0 Å². The van der Waals surface area contributed by atoms with Gasteiger partial charge in [-0.15, -0.1) is 0 Å². The van der Waals surface area contributed by atoms with Crippen LogP contribution in [0.1, 0.15) is 12.8 Å². The highest BCUT2D eigenvalue weighted by molar-refractivity contribution is 7.89. The fraction of sp³-hybridized carbons (Fsp3) is 1.00. The van der Waals surface area contributed by atoms with Crippen molar-refractivity contribution >= 4 is 10.0 Å². The van der Waals surface area contributed by atoms with Crippen molar-refractivity contribution in [1.82, 2.24) is 0 Å². The van der Waals surface area contributed by atoms with E-state index in [2.05, 4.69) is 0 Å². The molecule has 0 aromatic heterocycles. The molecule has 78 valence electrons. The molecule has 0 aliphatic heterocycles. The molecule has 0 unspecified atom stereocenters. The van der Waals surface area contributed by atoms with Crippen LogP contribution in [0, 0.1) is 11.8 Å². The minimum atomic E-state index is -4.19. The molecule has 7 heteroatoms. The van der Waals surface area contributed by atoms with E-state index in [4.69, 9.17) is 5.14 Å². The summed E-state index contributed by atoms with van der Waals surface area (Å²) in [6, 6.07) is 0. The highest BCUT2D eigenvalue weighted by atomic mass is 32.2. The third-order valence-corrected chi connectivity index (χ3v) is 3.10. The van der Waals surface area contributed by atoms with Gasteiger partial charge in [-0.1, -0.05) is 0 Å². The molecule has 0 aromatic carbocycles. The fourth-order valence-electron chi connectivity index (χ4n) is 1.47. The van der Waals surface area contributed by atoms with Gasteiger partial charge in [0.05, 0.1) is 11.7 Å². The van der Waals surface area contributed by atoms with E-state index < -0.39 is 28.0 Å². The van der Waals surface area contributed by atoms with Crippen molar-refractivity contribution < 1.29 is 21.6 Å². The number of rotatable bonds is 2. The van der Waals surface area contributed by atoms with Gasteiger partial charge >= 0.3 is 6.18 Å². The molecule has 0 saturated heterocycles. The normalized spacial score (nSPS) is 29.8. The molecule has 2 N–H and O–H groups in total. The Hall–Kier alpha value is -0.300. The van der Waals surface area contributed by atoms with Crippen LogP contribution in [0.3, 0.4) is 0 Å². The maximum absolute atomic E-state index is 11.9. The molecular weight excluding hydrogens is 207 g/mol. The Kier molecular flexibility index (Phi) is 2.59. The lowest BCUT2D eigenvalue weighted by molar-refractivity contribution is -0.202. The molecule has 0 radical (unpaired) electrons. The van der Waals surface area contributed by atoms with Crippen molar-refractivity contribution in [3.05, 3.63) is 0 Å². The summed E-state index contributed by atoms with van der Waals surface area (Å²) in [7, 11) is -3.62. The van der Waals surface area contributed by atoms with Crippen LogP contribution in [0.2, 0.25) is 0 Å². The summed E-state index contributed by atoms with van der Waals surface area (Å²) in [5, 5.41) is 4.69. The van der Waals surface area contributed by atoms with Gasteiger partial charge in [-0.2, -0.15) is 13.2 Å². The van der Waals surface area contributed by atoms with Crippen LogP contribution in [0.25, 0.3) is 0 Å². The molecule has 0 spiro atoms. The summed E-state index contributed by atoms with van der Waals surface area (Å²) < 4.78 is 56.8. The Bertz CT molecular complexity index is 279. The smallest absolute Gasteiger partial charge is 0.229 e. The first-order chi connectivity index (χ1) is 5.68. The van der Waals surface area contributed by atoms with Gasteiger partial charge in [0.1, 0.15) is 0 Å². The second kappa shape index (κ2) is 3.13. The van der Waals surface area contributed by atoms with E-state index in [1.807, 2.05) is 0 Å². The molecule has 1 aliphatic carbocycles. The van der Waals surface area contributed by atoms with Crippen molar-refractivity contribution in [2.75, 3.05) is 5.75 Å². The van der Waals surface area contributed by atoms with Gasteiger partial charge in [0.15, 0.2) is 0 Å². The van der Waals surface area contributed by atoms with E-state index >= 15 is 0 Å². The Balaban J connectivity index is 2.35. The van der Waals surface area contributed by atoms with Gasteiger partial charge in [0, 0.05) is 0 Å². The summed E-state index contributed by atoms with van der Waals surface area (Å²) in [5.41, 5.74) is 0. The molecule has 1 rings (SSSR count). The van der Waals surface area contributed by atoms with E-state index in [-0.39, 0.29) is 18.6 Å². The van der Waals surface area contributed by atoms with Crippen LogP contribution in [-0.4, -0.2) is 20.3 Å². The largest absolute Gasteiger partial charge is 0.391 e. The Labute approximate surface area is 74.2 Å². The second-order valence-electron chi connectivity index (χ2n) is 3.41. The predicted octanol–water partition coefficient (Wildman–Crippen LogP) is 0.863. The lowest BCUT2D eigenvalue weighted by atomic mass is 9.76. The van der Waals surface area contributed by atoms with E-state index in [1.54, 1.807) is 0 Å². The Morgan fingerprint density at radius 1 is 1.31 bits per heavy atom. The molecule has 0 atom stereocenters. The highest BCUT2D eigenvalue weighted by Crippen LogP contribution is 2.44. The van der Waals surface area contributed by atoms with Gasteiger partial charge in [0.2, 0.25) is 10.0 Å². The van der Waals surface area contributed by atoms with Crippen LogP contribution >= 0.6 is 0 Å². The first-order valence-electron chi connectivity index (χ1n) is 3.75. The van der Waals surface area contributed by atoms with E-state index in [9.17, 15) is 21.6 Å². The standard InChI is InChI=1S/C6H10F3NO2S/c7-6(8,9)5-1-4(2-5)3-13(10,11)12/h4-5H,1-3H2,(H2,10,11,12). The number of alkyl halides is 3. The quantitative estimate of drug-likeness (QED) is 0.745. The molecule has 0 amide bonds. The summed E-state index contributed by atoms with van der Waals surface area (Å²) in [4.78, 5) is 0. The first kappa shape index (κ1) is 10.8. The van der Waals surface area contributed by atoms with Crippen molar-refractivity contribution in [3.63, 3.8) is 0 Å².